The van der Waals surface area contributed by atoms with Gasteiger partial charge in [0.2, 0.25) is 5.95 Å². The summed E-state index contributed by atoms with van der Waals surface area (Å²) < 4.78 is 27.2. The highest BCUT2D eigenvalue weighted by molar-refractivity contribution is 7.85. The van der Waals surface area contributed by atoms with E-state index in [2.05, 4.69) is 19.8 Å². The minimum absolute atomic E-state index is 0.297. The first kappa shape index (κ1) is 15.6. The van der Waals surface area contributed by atoms with Gasteiger partial charge in [0.25, 0.3) is 10.1 Å². The third kappa shape index (κ3) is 3.93. The Hall–Kier alpha value is -1.25. The van der Waals surface area contributed by atoms with Crippen LogP contribution in [0, 0.1) is 5.92 Å². The summed E-state index contributed by atoms with van der Waals surface area (Å²) >= 11 is 0. The lowest BCUT2D eigenvalue weighted by molar-refractivity contribution is 0.0741. The van der Waals surface area contributed by atoms with E-state index in [1.165, 1.54) is 0 Å². The van der Waals surface area contributed by atoms with Gasteiger partial charge in [-0.15, -0.1) is 0 Å². The lowest BCUT2D eigenvalue weighted by atomic mass is 9.92. The zero-order valence-electron chi connectivity index (χ0n) is 12.8. The molecule has 1 aromatic rings. The first-order valence-corrected chi connectivity index (χ1v) is 9.43. The summed E-state index contributed by atoms with van der Waals surface area (Å²) in [6.07, 6.45) is 6.71. The maximum absolute atomic E-state index is 11.1. The Morgan fingerprint density at radius 3 is 2.73 bits per heavy atom. The molecule has 0 spiro atoms. The molecule has 3 heterocycles. The number of anilines is 1. The molecule has 0 unspecified atom stereocenters. The molecular formula is C14H22N4O3S. The average Bonchev–Trinajstić information content (AvgIpc) is 2.52. The molecule has 0 radical (unpaired) electrons. The minimum Gasteiger partial charge on any atom is -0.338 e. The van der Waals surface area contributed by atoms with E-state index in [-0.39, 0.29) is 0 Å². The third-order valence-electron chi connectivity index (χ3n) is 4.36. The predicted octanol–water partition coefficient (Wildman–Crippen LogP) is 0.353. The molecular weight excluding hydrogens is 304 g/mol. The molecule has 0 aliphatic carbocycles. The topological polar surface area (TPSA) is 75.6 Å². The van der Waals surface area contributed by atoms with Crippen LogP contribution in [0.25, 0.3) is 0 Å². The van der Waals surface area contributed by atoms with Gasteiger partial charge >= 0.3 is 0 Å². The molecule has 3 rings (SSSR count). The maximum atomic E-state index is 11.1. The fourth-order valence-corrected chi connectivity index (χ4v) is 3.69. The van der Waals surface area contributed by atoms with Crippen molar-refractivity contribution in [2.45, 2.75) is 18.9 Å². The van der Waals surface area contributed by atoms with Crippen molar-refractivity contribution in [2.24, 2.45) is 5.92 Å². The van der Waals surface area contributed by atoms with Crippen molar-refractivity contribution in [1.29, 1.82) is 0 Å². The van der Waals surface area contributed by atoms with Crippen LogP contribution in [0.3, 0.4) is 0 Å². The third-order valence-corrected chi connectivity index (χ3v) is 4.92. The molecule has 2 aliphatic heterocycles. The van der Waals surface area contributed by atoms with E-state index in [4.69, 9.17) is 4.18 Å². The lowest BCUT2D eigenvalue weighted by Gasteiger charge is -2.46. The number of nitrogens with zero attached hydrogens (tertiary/aromatic N) is 4. The van der Waals surface area contributed by atoms with E-state index in [0.717, 1.165) is 51.2 Å². The van der Waals surface area contributed by atoms with Crippen LogP contribution < -0.4 is 4.90 Å². The Labute approximate surface area is 131 Å². The second kappa shape index (κ2) is 6.47. The largest absolute Gasteiger partial charge is 0.338 e. The predicted molar refractivity (Wildman–Crippen MR) is 83.1 cm³/mol. The van der Waals surface area contributed by atoms with Gasteiger partial charge in [0.1, 0.15) is 0 Å². The molecule has 2 aliphatic rings. The second-order valence-electron chi connectivity index (χ2n) is 6.08. The molecule has 0 N–H and O–H groups in total. The van der Waals surface area contributed by atoms with Gasteiger partial charge in [-0.25, -0.2) is 9.97 Å². The quantitative estimate of drug-likeness (QED) is 0.739. The molecule has 0 aromatic carbocycles. The van der Waals surface area contributed by atoms with Crippen molar-refractivity contribution < 1.29 is 12.6 Å². The minimum atomic E-state index is -3.34. The fraction of sp³-hybridized carbons (Fsp3) is 0.714. The van der Waals surface area contributed by atoms with Crippen molar-refractivity contribution in [3.8, 4) is 0 Å². The van der Waals surface area contributed by atoms with Crippen molar-refractivity contribution >= 4 is 16.1 Å². The van der Waals surface area contributed by atoms with Crippen LogP contribution in [-0.2, 0) is 14.3 Å². The Morgan fingerprint density at radius 2 is 2.00 bits per heavy atom. The number of piperidine rings is 1. The van der Waals surface area contributed by atoms with Gasteiger partial charge in [0.15, 0.2) is 0 Å². The summed E-state index contributed by atoms with van der Waals surface area (Å²) in [7, 11) is -3.34. The van der Waals surface area contributed by atoms with Crippen LogP contribution in [0.4, 0.5) is 5.95 Å². The molecule has 22 heavy (non-hydrogen) atoms. The summed E-state index contributed by atoms with van der Waals surface area (Å²) in [6.45, 7) is 4.00. The van der Waals surface area contributed by atoms with Gasteiger partial charge in [-0.2, -0.15) is 8.42 Å². The molecule has 0 saturated carbocycles. The summed E-state index contributed by atoms with van der Waals surface area (Å²) in [5, 5.41) is 0. The summed E-state index contributed by atoms with van der Waals surface area (Å²) in [5.41, 5.74) is 0. The highest BCUT2D eigenvalue weighted by atomic mass is 32.2. The van der Waals surface area contributed by atoms with Gasteiger partial charge in [0.05, 0.1) is 12.9 Å². The molecule has 122 valence electrons. The molecule has 2 saturated heterocycles. The highest BCUT2D eigenvalue weighted by Gasteiger charge is 2.33. The summed E-state index contributed by atoms with van der Waals surface area (Å²) in [6, 6.07) is 2.32. The van der Waals surface area contributed by atoms with E-state index in [1.54, 1.807) is 12.4 Å². The van der Waals surface area contributed by atoms with E-state index >= 15 is 0 Å². The van der Waals surface area contributed by atoms with E-state index in [1.807, 2.05) is 6.07 Å². The first-order valence-electron chi connectivity index (χ1n) is 7.62. The molecule has 2 fully saturated rings. The number of piperazine rings is 1. The number of hydrogen-bond acceptors (Lipinski definition) is 7. The normalized spacial score (nSPS) is 26.7. The Bertz CT molecular complexity index is 595. The monoisotopic (exact) mass is 326 g/mol. The zero-order valence-corrected chi connectivity index (χ0v) is 13.6. The van der Waals surface area contributed by atoms with Crippen molar-refractivity contribution in [3.05, 3.63) is 18.5 Å². The number of fused-ring (bicyclic) bond motifs is 1. The molecule has 7 nitrogen and oxygen atoms in total. The number of hydrogen-bond donors (Lipinski definition) is 0. The Kier molecular flexibility index (Phi) is 4.60. The molecule has 2 atom stereocenters. The van der Waals surface area contributed by atoms with Gasteiger partial charge in [-0.1, -0.05) is 0 Å². The molecule has 0 bridgehead atoms. The smallest absolute Gasteiger partial charge is 0.264 e. The van der Waals surface area contributed by atoms with Gasteiger partial charge in [0, 0.05) is 44.6 Å². The van der Waals surface area contributed by atoms with Crippen molar-refractivity contribution in [3.63, 3.8) is 0 Å². The standard InChI is InChI=1S/C14H22N4O3S/c1-22(19,20)21-11-12-3-4-13-10-18(8-7-17(13)9-12)14-15-5-2-6-16-14/h2,5-6,12-13H,3-4,7-11H2,1H3/t12-,13-/m1/s1. The Balaban J connectivity index is 1.54. The number of aromatic nitrogens is 2. The molecule has 1 aromatic heterocycles. The SMILES string of the molecule is CS(=O)(=O)OC[C@@H]1CC[C@@H]2CN(c3ncccn3)CCN2C1. The maximum Gasteiger partial charge on any atom is 0.264 e. The summed E-state index contributed by atoms with van der Waals surface area (Å²) in [5.74, 6) is 1.09. The lowest BCUT2D eigenvalue weighted by Crippen LogP contribution is -2.57. The first-order chi connectivity index (χ1) is 10.5. The van der Waals surface area contributed by atoms with E-state index in [9.17, 15) is 8.42 Å². The van der Waals surface area contributed by atoms with Gasteiger partial charge in [-0.05, 0) is 24.8 Å². The fourth-order valence-electron chi connectivity index (χ4n) is 3.25. The van der Waals surface area contributed by atoms with Crippen LogP contribution in [-0.4, -0.2) is 68.4 Å². The molecule has 0 amide bonds. The van der Waals surface area contributed by atoms with Gasteiger partial charge < -0.3 is 4.90 Å². The van der Waals surface area contributed by atoms with Crippen LogP contribution in [0.5, 0.6) is 0 Å². The zero-order chi connectivity index (χ0) is 15.6. The van der Waals surface area contributed by atoms with Crippen LogP contribution in [0.2, 0.25) is 0 Å². The Morgan fingerprint density at radius 1 is 1.23 bits per heavy atom. The number of rotatable bonds is 4. The van der Waals surface area contributed by atoms with Crippen LogP contribution >= 0.6 is 0 Å². The van der Waals surface area contributed by atoms with E-state index < -0.39 is 10.1 Å². The van der Waals surface area contributed by atoms with Crippen LogP contribution in [0.15, 0.2) is 18.5 Å². The van der Waals surface area contributed by atoms with Crippen molar-refractivity contribution in [2.75, 3.05) is 43.9 Å². The van der Waals surface area contributed by atoms with Gasteiger partial charge in [-0.3, -0.25) is 9.08 Å². The molecule has 8 heteroatoms. The summed E-state index contributed by atoms with van der Waals surface area (Å²) in [4.78, 5) is 13.3. The van der Waals surface area contributed by atoms with E-state index in [0.29, 0.717) is 18.6 Å². The van der Waals surface area contributed by atoms with Crippen LogP contribution in [0.1, 0.15) is 12.8 Å². The van der Waals surface area contributed by atoms with Crippen molar-refractivity contribution in [1.82, 2.24) is 14.9 Å². The second-order valence-corrected chi connectivity index (χ2v) is 7.72. The average molecular weight is 326 g/mol. The highest BCUT2D eigenvalue weighted by Crippen LogP contribution is 2.26.